The summed E-state index contributed by atoms with van der Waals surface area (Å²) in [6, 6.07) is 4.38. The SMILES string of the molecule is COC(=O)c1ccc(S)c(O)c1. The van der Waals surface area contributed by atoms with Crippen molar-refractivity contribution in [1.82, 2.24) is 0 Å². The number of hydrogen-bond donors (Lipinski definition) is 2. The summed E-state index contributed by atoms with van der Waals surface area (Å²) in [6.45, 7) is 0. The molecule has 0 aromatic heterocycles. The van der Waals surface area contributed by atoms with Crippen molar-refractivity contribution in [3.63, 3.8) is 0 Å². The molecule has 1 rings (SSSR count). The molecule has 0 fully saturated rings. The van der Waals surface area contributed by atoms with Gasteiger partial charge in [-0.15, -0.1) is 12.6 Å². The average molecular weight is 184 g/mol. The Kier molecular flexibility index (Phi) is 2.60. The van der Waals surface area contributed by atoms with Crippen LogP contribution in [0.15, 0.2) is 23.1 Å². The molecule has 0 aliphatic rings. The summed E-state index contributed by atoms with van der Waals surface area (Å²) in [5.41, 5.74) is 0.313. The molecule has 0 radical (unpaired) electrons. The van der Waals surface area contributed by atoms with E-state index in [0.717, 1.165) is 0 Å². The number of carbonyl (C=O) groups is 1. The zero-order valence-electron chi connectivity index (χ0n) is 6.44. The molecular formula is C8H8O3S. The lowest BCUT2D eigenvalue weighted by molar-refractivity contribution is 0.0600. The number of ether oxygens (including phenoxy) is 1. The predicted octanol–water partition coefficient (Wildman–Crippen LogP) is 1.47. The molecule has 12 heavy (non-hydrogen) atoms. The summed E-state index contributed by atoms with van der Waals surface area (Å²) in [5.74, 6) is -0.500. The number of esters is 1. The van der Waals surface area contributed by atoms with Gasteiger partial charge in [0, 0.05) is 4.90 Å². The number of thiol groups is 1. The van der Waals surface area contributed by atoms with Gasteiger partial charge in [-0.05, 0) is 18.2 Å². The largest absolute Gasteiger partial charge is 0.507 e. The molecule has 1 N–H and O–H groups in total. The number of carbonyl (C=O) groups excluding carboxylic acids is 1. The summed E-state index contributed by atoms with van der Waals surface area (Å²) >= 11 is 3.94. The standard InChI is InChI=1S/C8H8O3S/c1-11-8(10)5-2-3-7(12)6(9)4-5/h2-4,9,12H,1H3. The lowest BCUT2D eigenvalue weighted by Gasteiger charge is -2.00. The molecule has 0 saturated heterocycles. The van der Waals surface area contributed by atoms with Crippen LogP contribution in [-0.4, -0.2) is 18.2 Å². The molecule has 0 aliphatic heterocycles. The van der Waals surface area contributed by atoms with E-state index in [1.807, 2.05) is 0 Å². The Morgan fingerprint density at radius 3 is 2.75 bits per heavy atom. The number of phenols is 1. The molecule has 0 aliphatic carbocycles. The van der Waals surface area contributed by atoms with Crippen LogP contribution >= 0.6 is 12.6 Å². The van der Waals surface area contributed by atoms with E-state index in [1.165, 1.54) is 25.3 Å². The molecular weight excluding hydrogens is 176 g/mol. The van der Waals surface area contributed by atoms with Gasteiger partial charge in [-0.2, -0.15) is 0 Å². The van der Waals surface area contributed by atoms with Crippen LogP contribution in [0.2, 0.25) is 0 Å². The summed E-state index contributed by atoms with van der Waals surface area (Å²) < 4.78 is 4.46. The quantitative estimate of drug-likeness (QED) is 0.513. The van der Waals surface area contributed by atoms with Gasteiger partial charge >= 0.3 is 5.97 Å². The van der Waals surface area contributed by atoms with Gasteiger partial charge in [-0.3, -0.25) is 0 Å². The van der Waals surface area contributed by atoms with Crippen molar-refractivity contribution >= 4 is 18.6 Å². The smallest absolute Gasteiger partial charge is 0.337 e. The highest BCUT2D eigenvalue weighted by Crippen LogP contribution is 2.22. The summed E-state index contributed by atoms with van der Waals surface area (Å²) in [6.07, 6.45) is 0. The van der Waals surface area contributed by atoms with Gasteiger partial charge in [0.2, 0.25) is 0 Å². The second kappa shape index (κ2) is 3.49. The van der Waals surface area contributed by atoms with E-state index in [1.54, 1.807) is 0 Å². The second-order valence-corrected chi connectivity index (χ2v) is 2.68. The van der Waals surface area contributed by atoms with Crippen LogP contribution in [0.5, 0.6) is 5.75 Å². The van der Waals surface area contributed by atoms with Gasteiger partial charge in [0.25, 0.3) is 0 Å². The minimum Gasteiger partial charge on any atom is -0.507 e. The second-order valence-electron chi connectivity index (χ2n) is 2.20. The van der Waals surface area contributed by atoms with Crippen molar-refractivity contribution in [2.45, 2.75) is 4.90 Å². The minimum absolute atomic E-state index is 0.0266. The van der Waals surface area contributed by atoms with Crippen molar-refractivity contribution in [2.75, 3.05) is 7.11 Å². The van der Waals surface area contributed by atoms with Gasteiger partial charge in [-0.1, -0.05) is 0 Å². The number of aromatic hydroxyl groups is 1. The van der Waals surface area contributed by atoms with Crippen LogP contribution in [0, 0.1) is 0 Å². The number of hydrogen-bond acceptors (Lipinski definition) is 4. The fraction of sp³-hybridized carbons (Fsp3) is 0.125. The number of rotatable bonds is 1. The maximum atomic E-state index is 10.9. The van der Waals surface area contributed by atoms with E-state index in [2.05, 4.69) is 17.4 Å². The summed E-state index contributed by atoms with van der Waals surface area (Å²) in [4.78, 5) is 11.4. The average Bonchev–Trinajstić information content (AvgIpc) is 2.08. The normalized spacial score (nSPS) is 9.50. The van der Waals surface area contributed by atoms with Gasteiger partial charge < -0.3 is 9.84 Å². The molecule has 0 atom stereocenters. The third-order valence-corrected chi connectivity index (χ3v) is 1.77. The minimum atomic E-state index is -0.473. The maximum absolute atomic E-state index is 10.9. The molecule has 0 amide bonds. The van der Waals surface area contributed by atoms with Crippen molar-refractivity contribution in [3.05, 3.63) is 23.8 Å². The van der Waals surface area contributed by atoms with Crippen LogP contribution in [0.3, 0.4) is 0 Å². The topological polar surface area (TPSA) is 46.5 Å². The van der Waals surface area contributed by atoms with Gasteiger partial charge in [0.05, 0.1) is 12.7 Å². The van der Waals surface area contributed by atoms with Gasteiger partial charge in [-0.25, -0.2) is 4.79 Å². The number of methoxy groups -OCH3 is 1. The fourth-order valence-electron chi connectivity index (χ4n) is 0.768. The molecule has 0 saturated carbocycles. The molecule has 3 nitrogen and oxygen atoms in total. The summed E-state index contributed by atoms with van der Waals surface area (Å²) in [7, 11) is 1.29. The third-order valence-electron chi connectivity index (χ3n) is 1.40. The Hall–Kier alpha value is -1.16. The Balaban J connectivity index is 3.05. The predicted molar refractivity (Wildman–Crippen MR) is 46.7 cm³/mol. The Morgan fingerprint density at radius 2 is 2.25 bits per heavy atom. The molecule has 0 spiro atoms. The van der Waals surface area contributed by atoms with Crippen LogP contribution in [-0.2, 0) is 4.74 Å². The first-order valence-corrected chi connectivity index (χ1v) is 3.70. The van der Waals surface area contributed by atoms with E-state index in [4.69, 9.17) is 5.11 Å². The Morgan fingerprint density at radius 1 is 1.58 bits per heavy atom. The number of benzene rings is 1. The van der Waals surface area contributed by atoms with Crippen molar-refractivity contribution in [2.24, 2.45) is 0 Å². The highest BCUT2D eigenvalue weighted by atomic mass is 32.1. The van der Waals surface area contributed by atoms with Crippen LogP contribution in [0.25, 0.3) is 0 Å². The van der Waals surface area contributed by atoms with E-state index in [0.29, 0.717) is 10.5 Å². The highest BCUT2D eigenvalue weighted by Gasteiger charge is 2.06. The monoisotopic (exact) mass is 184 g/mol. The summed E-state index contributed by atoms with van der Waals surface area (Å²) in [5, 5.41) is 9.16. The van der Waals surface area contributed by atoms with Crippen LogP contribution < -0.4 is 0 Å². The zero-order valence-corrected chi connectivity index (χ0v) is 7.34. The van der Waals surface area contributed by atoms with Crippen LogP contribution in [0.1, 0.15) is 10.4 Å². The molecule has 4 heteroatoms. The van der Waals surface area contributed by atoms with Crippen molar-refractivity contribution in [3.8, 4) is 5.75 Å². The molecule has 0 heterocycles. The zero-order chi connectivity index (χ0) is 9.14. The van der Waals surface area contributed by atoms with E-state index in [9.17, 15) is 4.79 Å². The van der Waals surface area contributed by atoms with Crippen molar-refractivity contribution in [1.29, 1.82) is 0 Å². The molecule has 1 aromatic carbocycles. The first kappa shape index (κ1) is 8.93. The maximum Gasteiger partial charge on any atom is 0.337 e. The van der Waals surface area contributed by atoms with Gasteiger partial charge in [0.1, 0.15) is 5.75 Å². The molecule has 0 bridgehead atoms. The fourth-order valence-corrected chi connectivity index (χ4v) is 0.907. The highest BCUT2D eigenvalue weighted by molar-refractivity contribution is 7.80. The molecule has 1 aromatic rings. The van der Waals surface area contributed by atoms with Crippen molar-refractivity contribution < 1.29 is 14.6 Å². The first-order valence-electron chi connectivity index (χ1n) is 3.25. The molecule has 0 unspecified atom stereocenters. The van der Waals surface area contributed by atoms with Gasteiger partial charge in [0.15, 0.2) is 0 Å². The third kappa shape index (κ3) is 1.71. The lowest BCUT2D eigenvalue weighted by atomic mass is 10.2. The van der Waals surface area contributed by atoms with E-state index >= 15 is 0 Å². The molecule has 64 valence electrons. The van der Waals surface area contributed by atoms with E-state index < -0.39 is 5.97 Å². The van der Waals surface area contributed by atoms with E-state index in [-0.39, 0.29) is 5.75 Å². The Labute approximate surface area is 75.4 Å². The Bertz CT molecular complexity index is 309. The van der Waals surface area contributed by atoms with Crippen LogP contribution in [0.4, 0.5) is 0 Å². The first-order chi connectivity index (χ1) is 5.65. The lowest BCUT2D eigenvalue weighted by Crippen LogP contribution is -2.00. The number of phenolic OH excluding ortho intramolecular Hbond substituents is 1.